The van der Waals surface area contributed by atoms with Gasteiger partial charge in [-0.1, -0.05) is 53.5 Å². The van der Waals surface area contributed by atoms with Crippen molar-refractivity contribution >= 4 is 51.6 Å². The highest BCUT2D eigenvalue weighted by Gasteiger charge is 2.30. The van der Waals surface area contributed by atoms with Crippen molar-refractivity contribution in [1.29, 1.82) is 0 Å². The van der Waals surface area contributed by atoms with E-state index in [0.717, 1.165) is 22.4 Å². The fraction of sp³-hybridized carbons (Fsp3) is 0.261. The van der Waals surface area contributed by atoms with Crippen molar-refractivity contribution in [3.8, 4) is 0 Å². The number of likely N-dealkylation sites (tertiary alicyclic amines) is 1. The van der Waals surface area contributed by atoms with E-state index in [1.165, 1.54) is 11.3 Å². The molecular formula is C23H22Cl2N4O2S. The van der Waals surface area contributed by atoms with Crippen molar-refractivity contribution in [2.75, 3.05) is 11.9 Å². The Kier molecular flexibility index (Phi) is 7.29. The van der Waals surface area contributed by atoms with Crippen LogP contribution in [0.5, 0.6) is 0 Å². The van der Waals surface area contributed by atoms with Gasteiger partial charge in [-0.15, -0.1) is 11.3 Å². The van der Waals surface area contributed by atoms with Gasteiger partial charge >= 0.3 is 6.03 Å². The predicted molar refractivity (Wildman–Crippen MR) is 128 cm³/mol. The molecule has 2 N–H and O–H groups in total. The SMILES string of the molecule is O=C(Nc1ncc(Cc2cc(Cl)ccc2Cl)s1)NC1CCCN(Cc2ccccc2)C1=O. The van der Waals surface area contributed by atoms with Crippen LogP contribution in [-0.4, -0.2) is 34.4 Å². The smallest absolute Gasteiger partial charge is 0.321 e. The topological polar surface area (TPSA) is 74.3 Å². The second-order valence-electron chi connectivity index (χ2n) is 7.58. The summed E-state index contributed by atoms with van der Waals surface area (Å²) in [4.78, 5) is 32.3. The maximum Gasteiger partial charge on any atom is 0.321 e. The number of hydrogen-bond donors (Lipinski definition) is 2. The molecule has 0 radical (unpaired) electrons. The number of nitrogens with zero attached hydrogens (tertiary/aromatic N) is 2. The summed E-state index contributed by atoms with van der Waals surface area (Å²) in [5.41, 5.74) is 1.96. The van der Waals surface area contributed by atoms with E-state index in [0.29, 0.717) is 41.1 Å². The standard InChI is InChI=1S/C23H22Cl2N4O2S/c24-17-8-9-19(25)16(11-17)12-18-13-26-23(32-18)28-22(31)27-20-7-4-10-29(21(20)30)14-15-5-2-1-3-6-15/h1-3,5-6,8-9,11,13,20H,4,7,10,12,14H2,(H2,26,27,28,31). The molecule has 1 saturated heterocycles. The van der Waals surface area contributed by atoms with E-state index in [1.54, 1.807) is 23.2 Å². The highest BCUT2D eigenvalue weighted by Crippen LogP contribution is 2.27. The Hall–Kier alpha value is -2.61. The first-order chi connectivity index (χ1) is 15.5. The van der Waals surface area contributed by atoms with Crippen molar-refractivity contribution in [3.05, 3.63) is 80.8 Å². The van der Waals surface area contributed by atoms with Crippen LogP contribution < -0.4 is 10.6 Å². The van der Waals surface area contributed by atoms with E-state index in [4.69, 9.17) is 23.2 Å². The summed E-state index contributed by atoms with van der Waals surface area (Å²) < 4.78 is 0. The number of benzene rings is 2. The fourth-order valence-electron chi connectivity index (χ4n) is 3.64. The monoisotopic (exact) mass is 488 g/mol. The van der Waals surface area contributed by atoms with Gasteiger partial charge in [-0.05, 0) is 42.2 Å². The van der Waals surface area contributed by atoms with E-state index in [1.807, 2.05) is 36.4 Å². The summed E-state index contributed by atoms with van der Waals surface area (Å²) in [6.07, 6.45) is 3.72. The van der Waals surface area contributed by atoms with Gasteiger partial charge in [-0.25, -0.2) is 9.78 Å². The molecule has 166 valence electrons. The van der Waals surface area contributed by atoms with Gasteiger partial charge in [0.2, 0.25) is 5.91 Å². The first kappa shape index (κ1) is 22.6. The number of amides is 3. The number of hydrogen-bond acceptors (Lipinski definition) is 4. The lowest BCUT2D eigenvalue weighted by Crippen LogP contribution is -2.52. The minimum Gasteiger partial charge on any atom is -0.337 e. The van der Waals surface area contributed by atoms with Gasteiger partial charge in [0.25, 0.3) is 0 Å². The molecule has 6 nitrogen and oxygen atoms in total. The van der Waals surface area contributed by atoms with E-state index in [-0.39, 0.29) is 5.91 Å². The Morgan fingerprint density at radius 3 is 2.81 bits per heavy atom. The molecule has 3 amide bonds. The fourth-order valence-corrected chi connectivity index (χ4v) is 4.85. The lowest BCUT2D eigenvalue weighted by molar-refractivity contribution is -0.136. The third kappa shape index (κ3) is 5.79. The van der Waals surface area contributed by atoms with Crippen LogP contribution in [0.15, 0.2) is 54.7 Å². The summed E-state index contributed by atoms with van der Waals surface area (Å²) in [6, 6.07) is 14.2. The van der Waals surface area contributed by atoms with Crippen LogP contribution in [0.1, 0.15) is 28.8 Å². The lowest BCUT2D eigenvalue weighted by atomic mass is 10.0. The van der Waals surface area contributed by atoms with Gasteiger partial charge in [-0.2, -0.15) is 0 Å². The molecule has 2 aromatic carbocycles. The van der Waals surface area contributed by atoms with Gasteiger partial charge in [-0.3, -0.25) is 10.1 Å². The number of thiazole rings is 1. The zero-order valence-electron chi connectivity index (χ0n) is 17.2. The van der Waals surface area contributed by atoms with E-state index >= 15 is 0 Å². The second kappa shape index (κ2) is 10.3. The van der Waals surface area contributed by atoms with Crippen LogP contribution in [0.2, 0.25) is 10.0 Å². The summed E-state index contributed by atoms with van der Waals surface area (Å²) >= 11 is 13.6. The number of anilines is 1. The second-order valence-corrected chi connectivity index (χ2v) is 9.54. The number of piperidine rings is 1. The van der Waals surface area contributed by atoms with Crippen LogP contribution in [0.25, 0.3) is 0 Å². The number of aromatic nitrogens is 1. The Morgan fingerprint density at radius 1 is 1.19 bits per heavy atom. The Bertz CT molecular complexity index is 1110. The van der Waals surface area contributed by atoms with Crippen molar-refractivity contribution in [2.45, 2.75) is 31.8 Å². The number of carbonyl (C=O) groups excluding carboxylic acids is 2. The van der Waals surface area contributed by atoms with Crippen LogP contribution in [0, 0.1) is 0 Å². The first-order valence-corrected chi connectivity index (χ1v) is 11.8. The molecule has 3 aromatic rings. The zero-order chi connectivity index (χ0) is 22.5. The van der Waals surface area contributed by atoms with Crippen molar-refractivity contribution in [2.24, 2.45) is 0 Å². The normalized spacial score (nSPS) is 16.1. The molecule has 0 saturated carbocycles. The largest absolute Gasteiger partial charge is 0.337 e. The number of rotatable bonds is 6. The highest BCUT2D eigenvalue weighted by atomic mass is 35.5. The Morgan fingerprint density at radius 2 is 2.00 bits per heavy atom. The molecule has 0 bridgehead atoms. The van der Waals surface area contributed by atoms with E-state index < -0.39 is 12.1 Å². The Labute approximate surface area is 200 Å². The highest BCUT2D eigenvalue weighted by molar-refractivity contribution is 7.15. The molecule has 1 fully saturated rings. The predicted octanol–water partition coefficient (Wildman–Crippen LogP) is 5.35. The molecule has 9 heteroatoms. The van der Waals surface area contributed by atoms with Gasteiger partial charge in [0, 0.05) is 40.6 Å². The molecule has 0 spiro atoms. The van der Waals surface area contributed by atoms with Gasteiger partial charge < -0.3 is 10.2 Å². The van der Waals surface area contributed by atoms with Crippen LogP contribution >= 0.6 is 34.5 Å². The molecule has 1 aliphatic heterocycles. The number of urea groups is 1. The molecule has 0 aliphatic carbocycles. The van der Waals surface area contributed by atoms with Crippen LogP contribution in [0.3, 0.4) is 0 Å². The molecule has 32 heavy (non-hydrogen) atoms. The maximum atomic E-state index is 12.8. The zero-order valence-corrected chi connectivity index (χ0v) is 19.5. The van der Waals surface area contributed by atoms with Crippen molar-refractivity contribution in [1.82, 2.24) is 15.2 Å². The minimum absolute atomic E-state index is 0.0642. The van der Waals surface area contributed by atoms with Crippen LogP contribution in [0.4, 0.5) is 9.93 Å². The molecule has 2 heterocycles. The number of carbonyl (C=O) groups is 2. The Balaban J connectivity index is 1.32. The number of halogens is 2. The third-order valence-corrected chi connectivity index (χ3v) is 6.72. The summed E-state index contributed by atoms with van der Waals surface area (Å²) in [5, 5.41) is 7.23. The average Bonchev–Trinajstić information content (AvgIpc) is 3.21. The molecule has 1 atom stereocenters. The van der Waals surface area contributed by atoms with Gasteiger partial charge in [0.15, 0.2) is 5.13 Å². The third-order valence-electron chi connectivity index (χ3n) is 5.20. The summed E-state index contributed by atoms with van der Waals surface area (Å²) in [7, 11) is 0. The minimum atomic E-state index is -0.544. The van der Waals surface area contributed by atoms with Gasteiger partial charge in [0.05, 0.1) is 0 Å². The number of nitrogens with one attached hydrogen (secondary N) is 2. The molecule has 1 aliphatic rings. The molecular weight excluding hydrogens is 467 g/mol. The van der Waals surface area contributed by atoms with Crippen molar-refractivity contribution in [3.63, 3.8) is 0 Å². The lowest BCUT2D eigenvalue weighted by Gasteiger charge is -2.32. The summed E-state index contributed by atoms with van der Waals surface area (Å²) in [6.45, 7) is 1.23. The first-order valence-electron chi connectivity index (χ1n) is 10.3. The van der Waals surface area contributed by atoms with E-state index in [2.05, 4.69) is 15.6 Å². The van der Waals surface area contributed by atoms with Crippen LogP contribution in [-0.2, 0) is 17.8 Å². The molecule has 1 aromatic heterocycles. The van der Waals surface area contributed by atoms with E-state index in [9.17, 15) is 9.59 Å². The van der Waals surface area contributed by atoms with Crippen molar-refractivity contribution < 1.29 is 9.59 Å². The summed E-state index contributed by atoms with van der Waals surface area (Å²) in [5.74, 6) is -0.0642. The van der Waals surface area contributed by atoms with Gasteiger partial charge in [0.1, 0.15) is 6.04 Å². The average molecular weight is 489 g/mol. The maximum absolute atomic E-state index is 12.8. The quantitative estimate of drug-likeness (QED) is 0.490. The molecule has 1 unspecified atom stereocenters. The molecule has 4 rings (SSSR count).